The number of rotatable bonds is 8. The Bertz CT molecular complexity index is 706. The largest absolute Gasteiger partial charge is 0.434 e. The minimum absolute atomic E-state index is 0.0327. The van der Waals surface area contributed by atoms with Gasteiger partial charge in [-0.1, -0.05) is 36.4 Å². The molecule has 0 atom stereocenters. The zero-order valence-corrected chi connectivity index (χ0v) is 13.9. The van der Waals surface area contributed by atoms with E-state index >= 15 is 0 Å². The van der Waals surface area contributed by atoms with Crippen molar-refractivity contribution in [1.82, 2.24) is 5.32 Å². The molecule has 0 radical (unpaired) electrons. The number of likely N-dealkylation sites (N-methyl/N-ethyl adjacent to an activating group) is 1. The van der Waals surface area contributed by atoms with Crippen LogP contribution in [0.5, 0.6) is 5.75 Å². The van der Waals surface area contributed by atoms with Crippen LogP contribution in [0, 0.1) is 0 Å². The van der Waals surface area contributed by atoms with Gasteiger partial charge in [-0.25, -0.2) is 0 Å². The molecule has 0 saturated heterocycles. The highest BCUT2D eigenvalue weighted by atomic mass is 19.3. The Morgan fingerprint density at radius 1 is 1.16 bits per heavy atom. The summed E-state index contributed by atoms with van der Waals surface area (Å²) >= 11 is 0. The first-order valence-electron chi connectivity index (χ1n) is 7.82. The molecule has 25 heavy (non-hydrogen) atoms. The third-order valence-corrected chi connectivity index (χ3v) is 3.49. The van der Waals surface area contributed by atoms with E-state index in [1.807, 2.05) is 42.3 Å². The Morgan fingerprint density at radius 2 is 1.84 bits per heavy atom. The maximum Gasteiger partial charge on any atom is 0.387 e. The van der Waals surface area contributed by atoms with Crippen molar-refractivity contribution in [3.05, 3.63) is 66.2 Å². The number of halogens is 2. The molecule has 0 unspecified atom stereocenters. The molecule has 1 N–H and O–H groups in total. The van der Waals surface area contributed by atoms with Gasteiger partial charge in [0, 0.05) is 37.5 Å². The summed E-state index contributed by atoms with van der Waals surface area (Å²) in [6.45, 7) is -1.80. The van der Waals surface area contributed by atoms with Crippen LogP contribution in [-0.4, -0.2) is 32.7 Å². The van der Waals surface area contributed by atoms with E-state index in [-0.39, 0.29) is 11.7 Å². The summed E-state index contributed by atoms with van der Waals surface area (Å²) in [4.78, 5) is 13.9. The van der Waals surface area contributed by atoms with Gasteiger partial charge in [0.2, 0.25) is 5.91 Å². The average molecular weight is 346 g/mol. The van der Waals surface area contributed by atoms with Crippen LogP contribution in [0.15, 0.2) is 60.7 Å². The summed E-state index contributed by atoms with van der Waals surface area (Å²) in [5.74, 6) is -0.265. The van der Waals surface area contributed by atoms with Gasteiger partial charge in [0.25, 0.3) is 0 Å². The summed E-state index contributed by atoms with van der Waals surface area (Å²) in [7, 11) is 1.94. The fraction of sp³-hybridized carbons (Fsp3) is 0.211. The van der Waals surface area contributed by atoms with E-state index in [0.29, 0.717) is 18.7 Å². The molecular weight excluding hydrogens is 326 g/mol. The van der Waals surface area contributed by atoms with Gasteiger partial charge in [-0.3, -0.25) is 4.79 Å². The molecule has 0 bridgehead atoms. The van der Waals surface area contributed by atoms with E-state index in [4.69, 9.17) is 0 Å². The van der Waals surface area contributed by atoms with E-state index in [2.05, 4.69) is 10.1 Å². The summed E-state index contributed by atoms with van der Waals surface area (Å²) in [6.07, 6.45) is 2.75. The van der Waals surface area contributed by atoms with Gasteiger partial charge in [0.1, 0.15) is 5.75 Å². The quantitative estimate of drug-likeness (QED) is 0.743. The number of anilines is 1. The highest BCUT2D eigenvalue weighted by Gasteiger charge is 2.07. The van der Waals surface area contributed by atoms with Crippen molar-refractivity contribution in [2.75, 3.05) is 25.0 Å². The number of amides is 1. The van der Waals surface area contributed by atoms with Crippen LogP contribution >= 0.6 is 0 Å². The third kappa shape index (κ3) is 6.25. The van der Waals surface area contributed by atoms with Crippen LogP contribution in [0.25, 0.3) is 6.08 Å². The molecule has 0 saturated carbocycles. The molecular formula is C19H20F2N2O2. The van der Waals surface area contributed by atoms with Crippen molar-refractivity contribution in [2.24, 2.45) is 0 Å². The highest BCUT2D eigenvalue weighted by molar-refractivity contribution is 5.92. The van der Waals surface area contributed by atoms with Gasteiger partial charge in [-0.15, -0.1) is 0 Å². The van der Waals surface area contributed by atoms with Crippen molar-refractivity contribution in [1.29, 1.82) is 0 Å². The predicted octanol–water partition coefficient (Wildman–Crippen LogP) is 3.55. The van der Waals surface area contributed by atoms with Crippen LogP contribution < -0.4 is 15.0 Å². The molecule has 0 spiro atoms. The molecule has 0 fully saturated rings. The van der Waals surface area contributed by atoms with E-state index in [1.54, 1.807) is 18.2 Å². The van der Waals surface area contributed by atoms with E-state index in [0.717, 1.165) is 5.69 Å². The van der Waals surface area contributed by atoms with Crippen molar-refractivity contribution >= 4 is 17.7 Å². The number of benzene rings is 2. The lowest BCUT2D eigenvalue weighted by Gasteiger charge is -2.19. The second-order valence-electron chi connectivity index (χ2n) is 5.30. The second-order valence-corrected chi connectivity index (χ2v) is 5.30. The van der Waals surface area contributed by atoms with Gasteiger partial charge in [0.15, 0.2) is 0 Å². The topological polar surface area (TPSA) is 41.6 Å². The zero-order valence-electron chi connectivity index (χ0n) is 13.9. The number of ether oxygens (including phenoxy) is 1. The lowest BCUT2D eigenvalue weighted by Crippen LogP contribution is -2.31. The number of alkyl halides is 2. The number of hydrogen-bond acceptors (Lipinski definition) is 3. The van der Waals surface area contributed by atoms with Gasteiger partial charge in [0.05, 0.1) is 0 Å². The Hall–Kier alpha value is -2.89. The van der Waals surface area contributed by atoms with E-state index in [1.165, 1.54) is 18.2 Å². The number of nitrogens with one attached hydrogen (secondary N) is 1. The van der Waals surface area contributed by atoms with Crippen molar-refractivity contribution < 1.29 is 18.3 Å². The summed E-state index contributed by atoms with van der Waals surface area (Å²) in [6, 6.07) is 16.1. The monoisotopic (exact) mass is 346 g/mol. The van der Waals surface area contributed by atoms with Gasteiger partial charge < -0.3 is 15.0 Å². The molecule has 6 heteroatoms. The lowest BCUT2D eigenvalue weighted by atomic mass is 10.2. The Balaban J connectivity index is 1.83. The fourth-order valence-corrected chi connectivity index (χ4v) is 2.20. The van der Waals surface area contributed by atoms with Crippen molar-refractivity contribution in [3.63, 3.8) is 0 Å². The normalized spacial score (nSPS) is 10.9. The van der Waals surface area contributed by atoms with Gasteiger partial charge in [-0.2, -0.15) is 8.78 Å². The van der Waals surface area contributed by atoms with E-state index in [9.17, 15) is 13.6 Å². The second kappa shape index (κ2) is 9.42. The van der Waals surface area contributed by atoms with Crippen LogP contribution in [0.3, 0.4) is 0 Å². The molecule has 132 valence electrons. The zero-order chi connectivity index (χ0) is 18.1. The molecule has 2 rings (SSSR count). The minimum atomic E-state index is -2.91. The predicted molar refractivity (Wildman–Crippen MR) is 94.8 cm³/mol. The SMILES string of the molecule is CN(CCNC(=O)/C=C/c1ccccc1OC(F)F)c1ccccc1. The van der Waals surface area contributed by atoms with Crippen LogP contribution in [-0.2, 0) is 4.79 Å². The molecule has 4 nitrogen and oxygen atoms in total. The van der Waals surface area contributed by atoms with Crippen LogP contribution in [0.4, 0.5) is 14.5 Å². The third-order valence-electron chi connectivity index (χ3n) is 3.49. The van der Waals surface area contributed by atoms with Gasteiger partial charge in [-0.05, 0) is 24.3 Å². The first-order chi connectivity index (χ1) is 12.1. The molecule has 0 aliphatic rings. The Labute approximate surface area is 145 Å². The minimum Gasteiger partial charge on any atom is -0.434 e. The van der Waals surface area contributed by atoms with Crippen LogP contribution in [0.2, 0.25) is 0 Å². The molecule has 0 aliphatic carbocycles. The first kappa shape index (κ1) is 18.4. The number of para-hydroxylation sites is 2. The lowest BCUT2D eigenvalue weighted by molar-refractivity contribution is -0.116. The number of hydrogen-bond donors (Lipinski definition) is 1. The molecule has 0 heterocycles. The average Bonchev–Trinajstić information content (AvgIpc) is 2.61. The number of carbonyl (C=O) groups excluding carboxylic acids is 1. The van der Waals surface area contributed by atoms with Crippen LogP contribution in [0.1, 0.15) is 5.56 Å². The molecule has 0 aliphatic heterocycles. The smallest absolute Gasteiger partial charge is 0.387 e. The summed E-state index contributed by atoms with van der Waals surface area (Å²) in [5, 5.41) is 2.76. The molecule has 0 aromatic heterocycles. The number of nitrogens with zero attached hydrogens (tertiary/aromatic N) is 1. The maximum absolute atomic E-state index is 12.4. The van der Waals surface area contributed by atoms with Crippen molar-refractivity contribution in [2.45, 2.75) is 6.61 Å². The van der Waals surface area contributed by atoms with Gasteiger partial charge >= 0.3 is 6.61 Å². The Kier molecular flexibility index (Phi) is 6.95. The summed E-state index contributed by atoms with van der Waals surface area (Å²) < 4.78 is 29.1. The Morgan fingerprint density at radius 3 is 2.56 bits per heavy atom. The van der Waals surface area contributed by atoms with Crippen molar-refractivity contribution in [3.8, 4) is 5.75 Å². The highest BCUT2D eigenvalue weighted by Crippen LogP contribution is 2.21. The first-order valence-corrected chi connectivity index (χ1v) is 7.82. The standard InChI is InChI=1S/C19H20F2N2O2/c1-23(16-8-3-2-4-9-16)14-13-22-18(24)12-11-15-7-5-6-10-17(15)25-19(20)21/h2-12,19H,13-14H2,1H3,(H,22,24)/b12-11+. The fourth-order valence-electron chi connectivity index (χ4n) is 2.20. The molecule has 2 aromatic carbocycles. The molecule has 2 aromatic rings. The summed E-state index contributed by atoms with van der Waals surface area (Å²) in [5.41, 5.74) is 1.48. The molecule has 1 amide bonds. The van der Waals surface area contributed by atoms with E-state index < -0.39 is 6.61 Å². The number of carbonyl (C=O) groups is 1. The maximum atomic E-state index is 12.4.